The van der Waals surface area contributed by atoms with Crippen LogP contribution in [-0.4, -0.2) is 45.6 Å². The molecule has 0 saturated carbocycles. The Labute approximate surface area is 124 Å². The average molecular weight is 319 g/mol. The first-order valence-corrected chi connectivity index (χ1v) is 6.76. The first-order valence-electron chi connectivity index (χ1n) is 6.76. The van der Waals surface area contributed by atoms with Crippen LogP contribution in [0, 0.1) is 5.92 Å². The number of carbonyl (C=O) groups is 2. The summed E-state index contributed by atoms with van der Waals surface area (Å²) in [7, 11) is 0. The Morgan fingerprint density at radius 1 is 1.50 bits per heavy atom. The molecule has 1 atom stereocenters. The minimum absolute atomic E-state index is 0.111. The van der Waals surface area contributed by atoms with Crippen LogP contribution in [0.15, 0.2) is 0 Å². The van der Waals surface area contributed by atoms with Crippen molar-refractivity contribution in [3.05, 3.63) is 11.4 Å². The minimum Gasteiger partial charge on any atom is -0.346 e. The predicted octanol–water partition coefficient (Wildman–Crippen LogP) is 0.728. The third kappa shape index (κ3) is 3.74. The number of fused-ring (bicyclic) bond motifs is 1. The van der Waals surface area contributed by atoms with E-state index in [1.54, 1.807) is 5.32 Å². The van der Waals surface area contributed by atoms with Crippen LogP contribution in [0.25, 0.3) is 0 Å². The fourth-order valence-electron chi connectivity index (χ4n) is 2.29. The van der Waals surface area contributed by atoms with Gasteiger partial charge < -0.3 is 10.6 Å². The number of nitrogens with zero attached hydrogens (tertiary/aromatic N) is 3. The van der Waals surface area contributed by atoms with E-state index in [1.165, 1.54) is 4.68 Å². The molecular weight excluding hydrogens is 303 g/mol. The molecule has 22 heavy (non-hydrogen) atoms. The highest BCUT2D eigenvalue weighted by atomic mass is 19.4. The number of aromatic nitrogens is 3. The van der Waals surface area contributed by atoms with Crippen LogP contribution in [0.5, 0.6) is 0 Å². The van der Waals surface area contributed by atoms with Crippen molar-refractivity contribution in [1.29, 1.82) is 0 Å². The second-order valence-corrected chi connectivity index (χ2v) is 5.57. The van der Waals surface area contributed by atoms with Gasteiger partial charge in [-0.1, -0.05) is 19.1 Å². The van der Waals surface area contributed by atoms with Gasteiger partial charge in [-0.25, -0.2) is 4.68 Å². The number of halogens is 3. The molecular formula is C12H16F3N5O2. The Balaban J connectivity index is 2.13. The summed E-state index contributed by atoms with van der Waals surface area (Å²) in [5.74, 6) is -1.28. The Bertz CT molecular complexity index is 582. The maximum absolute atomic E-state index is 12.1. The summed E-state index contributed by atoms with van der Waals surface area (Å²) in [6.45, 7) is 2.84. The number of hydrogen-bond acceptors (Lipinski definition) is 4. The van der Waals surface area contributed by atoms with E-state index >= 15 is 0 Å². The summed E-state index contributed by atoms with van der Waals surface area (Å²) in [5.41, 5.74) is -0.510. The van der Waals surface area contributed by atoms with E-state index in [2.05, 4.69) is 15.6 Å². The lowest BCUT2D eigenvalue weighted by Crippen LogP contribution is -2.46. The van der Waals surface area contributed by atoms with Gasteiger partial charge in [0, 0.05) is 6.04 Å². The van der Waals surface area contributed by atoms with Crippen molar-refractivity contribution in [3.63, 3.8) is 0 Å². The smallest absolute Gasteiger partial charge is 0.346 e. The second kappa shape index (κ2) is 5.93. The summed E-state index contributed by atoms with van der Waals surface area (Å²) in [4.78, 5) is 23.8. The van der Waals surface area contributed by atoms with Crippen LogP contribution in [0.2, 0.25) is 0 Å². The maximum atomic E-state index is 12.1. The molecule has 1 aromatic rings. The zero-order valence-electron chi connectivity index (χ0n) is 12.1. The van der Waals surface area contributed by atoms with Crippen LogP contribution in [0.1, 0.15) is 41.2 Å². The highest BCUT2D eigenvalue weighted by molar-refractivity contribution is 6.05. The van der Waals surface area contributed by atoms with E-state index in [0.717, 1.165) is 6.42 Å². The Morgan fingerprint density at radius 3 is 2.77 bits per heavy atom. The topological polar surface area (TPSA) is 88.9 Å². The maximum Gasteiger partial charge on any atom is 0.405 e. The molecule has 7 nitrogen and oxygen atoms in total. The summed E-state index contributed by atoms with van der Waals surface area (Å²) in [6.07, 6.45) is -3.81. The number of alkyl halides is 3. The van der Waals surface area contributed by atoms with Crippen molar-refractivity contribution in [2.45, 2.75) is 39.0 Å². The molecule has 0 spiro atoms. The van der Waals surface area contributed by atoms with E-state index in [9.17, 15) is 22.8 Å². The lowest BCUT2D eigenvalue weighted by molar-refractivity contribution is -0.123. The summed E-state index contributed by atoms with van der Waals surface area (Å²) >= 11 is 0. The van der Waals surface area contributed by atoms with E-state index in [4.69, 9.17) is 0 Å². The van der Waals surface area contributed by atoms with Crippen LogP contribution < -0.4 is 10.6 Å². The molecule has 2 N–H and O–H groups in total. The van der Waals surface area contributed by atoms with Crippen LogP contribution in [0.4, 0.5) is 13.2 Å². The van der Waals surface area contributed by atoms with Gasteiger partial charge in [0.05, 0.1) is 6.54 Å². The number of rotatable bonds is 4. The normalized spacial score (nSPS) is 18.1. The van der Waals surface area contributed by atoms with Crippen molar-refractivity contribution in [2.75, 3.05) is 6.54 Å². The molecule has 0 aromatic carbocycles. The fourth-order valence-corrected chi connectivity index (χ4v) is 2.29. The molecule has 1 aliphatic heterocycles. The summed E-state index contributed by atoms with van der Waals surface area (Å²) in [5, 5.41) is 11.6. The SMILES string of the molecule is CC(C)CC1Cn2nnc(C(=O)NCC(F)(F)F)c2C(=O)N1. The molecule has 2 amide bonds. The fraction of sp³-hybridized carbons (Fsp3) is 0.667. The van der Waals surface area contributed by atoms with Crippen molar-refractivity contribution in [3.8, 4) is 0 Å². The van der Waals surface area contributed by atoms with E-state index < -0.39 is 30.2 Å². The first kappa shape index (κ1) is 16.2. The molecule has 10 heteroatoms. The van der Waals surface area contributed by atoms with Gasteiger partial charge in [-0.2, -0.15) is 13.2 Å². The largest absolute Gasteiger partial charge is 0.405 e. The molecule has 0 saturated heterocycles. The van der Waals surface area contributed by atoms with Gasteiger partial charge in [0.25, 0.3) is 11.8 Å². The summed E-state index contributed by atoms with van der Waals surface area (Å²) < 4.78 is 37.6. The average Bonchev–Trinajstić information content (AvgIpc) is 2.78. The minimum atomic E-state index is -4.53. The number of amides is 2. The highest BCUT2D eigenvalue weighted by Crippen LogP contribution is 2.17. The molecule has 0 bridgehead atoms. The third-order valence-electron chi connectivity index (χ3n) is 3.10. The van der Waals surface area contributed by atoms with Gasteiger partial charge in [0.2, 0.25) is 0 Å². The molecule has 1 unspecified atom stereocenters. The van der Waals surface area contributed by atoms with Crippen molar-refractivity contribution < 1.29 is 22.8 Å². The standard InChI is InChI=1S/C12H16F3N5O2/c1-6(2)3-7-4-20-9(11(22)17-7)8(18-19-20)10(21)16-5-12(13,14)15/h6-7H,3-5H2,1-2H3,(H,16,21)(H,17,22). The number of carbonyl (C=O) groups excluding carboxylic acids is 2. The second-order valence-electron chi connectivity index (χ2n) is 5.57. The molecule has 0 aliphatic carbocycles. The van der Waals surface area contributed by atoms with Crippen LogP contribution in [0.3, 0.4) is 0 Å². The molecule has 0 fully saturated rings. The zero-order chi connectivity index (χ0) is 16.5. The molecule has 2 rings (SSSR count). The number of nitrogens with one attached hydrogen (secondary N) is 2. The lowest BCUT2D eigenvalue weighted by Gasteiger charge is -2.25. The predicted molar refractivity (Wildman–Crippen MR) is 69.1 cm³/mol. The molecule has 122 valence electrons. The van der Waals surface area contributed by atoms with Crippen LogP contribution >= 0.6 is 0 Å². The Hall–Kier alpha value is -2.13. The lowest BCUT2D eigenvalue weighted by atomic mass is 10.0. The Kier molecular flexibility index (Phi) is 4.38. The Morgan fingerprint density at radius 2 is 2.18 bits per heavy atom. The van der Waals surface area contributed by atoms with Gasteiger partial charge in [-0.05, 0) is 12.3 Å². The molecule has 2 heterocycles. The molecule has 1 aliphatic rings. The quantitative estimate of drug-likeness (QED) is 0.856. The van der Waals surface area contributed by atoms with Gasteiger partial charge in [0.15, 0.2) is 11.4 Å². The van der Waals surface area contributed by atoms with E-state index in [0.29, 0.717) is 12.5 Å². The molecule has 0 radical (unpaired) electrons. The highest BCUT2D eigenvalue weighted by Gasteiger charge is 2.34. The number of hydrogen-bond donors (Lipinski definition) is 2. The zero-order valence-corrected chi connectivity index (χ0v) is 12.1. The third-order valence-corrected chi connectivity index (χ3v) is 3.10. The monoisotopic (exact) mass is 319 g/mol. The van der Waals surface area contributed by atoms with Crippen LogP contribution in [-0.2, 0) is 6.54 Å². The van der Waals surface area contributed by atoms with E-state index in [1.807, 2.05) is 13.8 Å². The van der Waals surface area contributed by atoms with Gasteiger partial charge >= 0.3 is 6.18 Å². The van der Waals surface area contributed by atoms with Crippen molar-refractivity contribution in [2.24, 2.45) is 5.92 Å². The van der Waals surface area contributed by atoms with Gasteiger partial charge in [-0.15, -0.1) is 5.10 Å². The first-order chi connectivity index (χ1) is 10.2. The molecule has 1 aromatic heterocycles. The van der Waals surface area contributed by atoms with Gasteiger partial charge in [0.1, 0.15) is 6.54 Å². The van der Waals surface area contributed by atoms with E-state index in [-0.39, 0.29) is 11.7 Å². The van der Waals surface area contributed by atoms with Gasteiger partial charge in [-0.3, -0.25) is 9.59 Å². The van der Waals surface area contributed by atoms with Crippen molar-refractivity contribution in [1.82, 2.24) is 25.6 Å². The van der Waals surface area contributed by atoms with Crippen molar-refractivity contribution >= 4 is 11.8 Å². The summed E-state index contributed by atoms with van der Waals surface area (Å²) in [6, 6.07) is -0.146.